The molecule has 2 N–H and O–H groups in total. The van der Waals surface area contributed by atoms with Gasteiger partial charge in [-0.3, -0.25) is 0 Å². The Labute approximate surface area is 126 Å². The molecule has 2 heterocycles. The van der Waals surface area contributed by atoms with Gasteiger partial charge in [0.15, 0.2) is 0 Å². The van der Waals surface area contributed by atoms with Gasteiger partial charge in [-0.2, -0.15) is 0 Å². The largest absolute Gasteiger partial charge is 0.399 e. The van der Waals surface area contributed by atoms with Gasteiger partial charge in [0, 0.05) is 24.3 Å². The Kier molecular flexibility index (Phi) is 3.44. The predicted molar refractivity (Wildman–Crippen MR) is 86.5 cm³/mol. The van der Waals surface area contributed by atoms with E-state index in [1.54, 1.807) is 0 Å². The van der Waals surface area contributed by atoms with Crippen molar-refractivity contribution in [1.29, 1.82) is 0 Å². The van der Waals surface area contributed by atoms with E-state index in [1.165, 1.54) is 5.52 Å². The van der Waals surface area contributed by atoms with Crippen LogP contribution in [0.5, 0.6) is 0 Å². The SMILES string of the molecule is CC(C)c1nc2cc(N)ccc2n1C1CCOC(C)(C)C1. The molecule has 1 aliphatic rings. The third-order valence-electron chi connectivity index (χ3n) is 4.29. The van der Waals surface area contributed by atoms with Crippen LogP contribution in [0.2, 0.25) is 0 Å². The van der Waals surface area contributed by atoms with Crippen molar-refractivity contribution < 1.29 is 4.74 Å². The van der Waals surface area contributed by atoms with E-state index in [1.807, 2.05) is 12.1 Å². The van der Waals surface area contributed by atoms with E-state index in [4.69, 9.17) is 15.5 Å². The van der Waals surface area contributed by atoms with Gasteiger partial charge in [-0.25, -0.2) is 4.98 Å². The van der Waals surface area contributed by atoms with E-state index in [-0.39, 0.29) is 5.60 Å². The summed E-state index contributed by atoms with van der Waals surface area (Å²) in [6, 6.07) is 6.49. The molecule has 3 rings (SSSR count). The van der Waals surface area contributed by atoms with Crippen molar-refractivity contribution >= 4 is 16.7 Å². The van der Waals surface area contributed by atoms with E-state index in [2.05, 4.69) is 38.3 Å². The predicted octanol–water partition coefficient (Wildman–Crippen LogP) is 3.87. The normalized spacial score (nSPS) is 22.0. The van der Waals surface area contributed by atoms with E-state index in [0.29, 0.717) is 12.0 Å². The maximum Gasteiger partial charge on any atom is 0.112 e. The third kappa shape index (κ3) is 2.64. The van der Waals surface area contributed by atoms with Gasteiger partial charge in [-0.15, -0.1) is 0 Å². The number of hydrogen-bond acceptors (Lipinski definition) is 3. The molecular formula is C17H25N3O. The quantitative estimate of drug-likeness (QED) is 0.853. The number of nitrogens with two attached hydrogens (primary N) is 1. The fourth-order valence-electron chi connectivity index (χ4n) is 3.35. The van der Waals surface area contributed by atoms with E-state index < -0.39 is 0 Å². The molecule has 114 valence electrons. The van der Waals surface area contributed by atoms with Crippen molar-refractivity contribution in [2.24, 2.45) is 0 Å². The number of hydrogen-bond donors (Lipinski definition) is 1. The number of imidazole rings is 1. The van der Waals surface area contributed by atoms with Crippen molar-refractivity contribution in [3.8, 4) is 0 Å². The van der Waals surface area contributed by atoms with E-state index >= 15 is 0 Å². The molecule has 1 fully saturated rings. The third-order valence-corrected chi connectivity index (χ3v) is 4.29. The summed E-state index contributed by atoms with van der Waals surface area (Å²) in [5.41, 5.74) is 8.81. The van der Waals surface area contributed by atoms with Crippen LogP contribution in [-0.4, -0.2) is 21.8 Å². The molecule has 0 bridgehead atoms. The number of nitrogen functional groups attached to an aromatic ring is 1. The van der Waals surface area contributed by atoms with Gasteiger partial charge in [0.05, 0.1) is 16.6 Å². The number of benzene rings is 1. The Bertz CT molecular complexity index is 657. The number of fused-ring (bicyclic) bond motifs is 1. The molecule has 0 aliphatic carbocycles. The fraction of sp³-hybridized carbons (Fsp3) is 0.588. The zero-order valence-corrected chi connectivity index (χ0v) is 13.4. The first-order valence-corrected chi connectivity index (χ1v) is 7.79. The summed E-state index contributed by atoms with van der Waals surface area (Å²) in [6.07, 6.45) is 2.06. The molecule has 0 amide bonds. The second-order valence-corrected chi connectivity index (χ2v) is 7.00. The van der Waals surface area contributed by atoms with Crippen LogP contribution in [0.1, 0.15) is 58.3 Å². The van der Waals surface area contributed by atoms with Crippen LogP contribution in [0.3, 0.4) is 0 Å². The summed E-state index contributed by atoms with van der Waals surface area (Å²) in [4.78, 5) is 4.84. The summed E-state index contributed by atoms with van der Waals surface area (Å²) < 4.78 is 8.29. The van der Waals surface area contributed by atoms with Gasteiger partial charge in [0.1, 0.15) is 5.82 Å². The van der Waals surface area contributed by atoms with Crippen molar-refractivity contribution in [2.45, 2.75) is 58.1 Å². The highest BCUT2D eigenvalue weighted by Crippen LogP contribution is 2.36. The Balaban J connectivity index is 2.13. The van der Waals surface area contributed by atoms with Crippen LogP contribution >= 0.6 is 0 Å². The average Bonchev–Trinajstić information content (AvgIpc) is 2.76. The van der Waals surface area contributed by atoms with E-state index in [0.717, 1.165) is 36.5 Å². The molecule has 0 radical (unpaired) electrons. The van der Waals surface area contributed by atoms with Crippen LogP contribution in [0.4, 0.5) is 5.69 Å². The zero-order chi connectivity index (χ0) is 15.2. The molecule has 4 nitrogen and oxygen atoms in total. The number of ether oxygens (including phenoxy) is 1. The fourth-order valence-corrected chi connectivity index (χ4v) is 3.35. The second kappa shape index (κ2) is 5.02. The maximum absolute atomic E-state index is 5.91. The Morgan fingerprint density at radius 1 is 1.38 bits per heavy atom. The van der Waals surface area contributed by atoms with Crippen molar-refractivity contribution in [1.82, 2.24) is 9.55 Å². The lowest BCUT2D eigenvalue weighted by atomic mass is 9.93. The monoisotopic (exact) mass is 287 g/mol. The first-order chi connectivity index (χ1) is 9.87. The summed E-state index contributed by atoms with van der Waals surface area (Å²) in [6.45, 7) is 9.55. The molecular weight excluding hydrogens is 262 g/mol. The minimum absolute atomic E-state index is 0.0679. The summed E-state index contributed by atoms with van der Waals surface area (Å²) in [5, 5.41) is 0. The number of nitrogens with zero attached hydrogens (tertiary/aromatic N) is 2. The van der Waals surface area contributed by atoms with Crippen LogP contribution in [0, 0.1) is 0 Å². The topological polar surface area (TPSA) is 53.1 Å². The van der Waals surface area contributed by atoms with Crippen LogP contribution < -0.4 is 5.73 Å². The Morgan fingerprint density at radius 3 is 2.81 bits per heavy atom. The van der Waals surface area contributed by atoms with Gasteiger partial charge in [-0.1, -0.05) is 13.8 Å². The van der Waals surface area contributed by atoms with Crippen LogP contribution in [0.25, 0.3) is 11.0 Å². The molecule has 2 aromatic rings. The average molecular weight is 287 g/mol. The lowest BCUT2D eigenvalue weighted by molar-refractivity contribution is -0.0689. The summed E-state index contributed by atoms with van der Waals surface area (Å²) >= 11 is 0. The van der Waals surface area contributed by atoms with Gasteiger partial charge < -0.3 is 15.0 Å². The van der Waals surface area contributed by atoms with Gasteiger partial charge >= 0.3 is 0 Å². The van der Waals surface area contributed by atoms with Gasteiger partial charge in [-0.05, 0) is 44.9 Å². The summed E-state index contributed by atoms with van der Waals surface area (Å²) in [7, 11) is 0. The molecule has 4 heteroatoms. The zero-order valence-electron chi connectivity index (χ0n) is 13.4. The lowest BCUT2D eigenvalue weighted by Gasteiger charge is -2.37. The first kappa shape index (κ1) is 14.4. The highest BCUT2D eigenvalue weighted by molar-refractivity contribution is 5.80. The number of anilines is 1. The van der Waals surface area contributed by atoms with Crippen molar-refractivity contribution in [3.05, 3.63) is 24.0 Å². The van der Waals surface area contributed by atoms with E-state index in [9.17, 15) is 0 Å². The maximum atomic E-state index is 5.91. The molecule has 21 heavy (non-hydrogen) atoms. The molecule has 1 aromatic heterocycles. The first-order valence-electron chi connectivity index (χ1n) is 7.79. The minimum Gasteiger partial charge on any atom is -0.399 e. The van der Waals surface area contributed by atoms with Crippen molar-refractivity contribution in [3.63, 3.8) is 0 Å². The molecule has 0 saturated carbocycles. The van der Waals surface area contributed by atoms with Crippen LogP contribution in [-0.2, 0) is 4.74 Å². The van der Waals surface area contributed by atoms with Crippen LogP contribution in [0.15, 0.2) is 18.2 Å². The van der Waals surface area contributed by atoms with Crippen molar-refractivity contribution in [2.75, 3.05) is 12.3 Å². The highest BCUT2D eigenvalue weighted by Gasteiger charge is 2.32. The second-order valence-electron chi connectivity index (χ2n) is 7.00. The minimum atomic E-state index is -0.0679. The number of rotatable bonds is 2. The molecule has 1 aliphatic heterocycles. The molecule has 1 aromatic carbocycles. The smallest absolute Gasteiger partial charge is 0.112 e. The lowest BCUT2D eigenvalue weighted by Crippen LogP contribution is -2.35. The highest BCUT2D eigenvalue weighted by atomic mass is 16.5. The summed E-state index contributed by atoms with van der Waals surface area (Å²) in [5.74, 6) is 1.54. The standard InChI is InChI=1S/C17H25N3O/c1-11(2)16-19-14-9-12(18)5-6-15(14)20(16)13-7-8-21-17(3,4)10-13/h5-6,9,11,13H,7-8,10,18H2,1-4H3. The van der Waals surface area contributed by atoms with Gasteiger partial charge in [0.2, 0.25) is 0 Å². The molecule has 1 unspecified atom stereocenters. The van der Waals surface area contributed by atoms with Gasteiger partial charge in [0.25, 0.3) is 0 Å². The number of aromatic nitrogens is 2. The Hall–Kier alpha value is -1.55. The Morgan fingerprint density at radius 2 is 2.14 bits per heavy atom. The molecule has 1 atom stereocenters. The molecule has 1 saturated heterocycles. The molecule has 0 spiro atoms.